The monoisotopic (exact) mass is 563 g/mol. The minimum Gasteiger partial charge on any atom is -0.494 e. The van der Waals surface area contributed by atoms with Crippen molar-refractivity contribution in [1.82, 2.24) is 4.57 Å². The van der Waals surface area contributed by atoms with Crippen LogP contribution in [-0.2, 0) is 4.79 Å². The Morgan fingerprint density at radius 2 is 1.82 bits per heavy atom. The molecule has 0 unspecified atom stereocenters. The van der Waals surface area contributed by atoms with Gasteiger partial charge in [0.25, 0.3) is 11.5 Å². The molecule has 0 bridgehead atoms. The number of benzene rings is 3. The average Bonchev–Trinajstić information content (AvgIpc) is 3.21. The fourth-order valence-electron chi connectivity index (χ4n) is 4.33. The number of fused-ring (bicyclic) bond motifs is 1. The SMILES string of the molecule is CCOc1ccc([C@@H]2C(C(=O)Nc3ccccc3)=C(C)N=c3s/c(=C\c4cccc(Cl)c4Cl)c(=O)n32)cc1. The maximum atomic E-state index is 13.8. The predicted molar refractivity (Wildman–Crippen MR) is 153 cm³/mol. The lowest BCUT2D eigenvalue weighted by Crippen LogP contribution is -2.40. The van der Waals surface area contributed by atoms with E-state index in [0.29, 0.717) is 54.3 Å². The van der Waals surface area contributed by atoms with Crippen molar-refractivity contribution in [1.29, 1.82) is 0 Å². The predicted octanol–water partition coefficient (Wildman–Crippen LogP) is 5.58. The number of ether oxygens (including phenoxy) is 1. The van der Waals surface area contributed by atoms with Gasteiger partial charge in [0, 0.05) is 5.69 Å². The van der Waals surface area contributed by atoms with Gasteiger partial charge in [-0.3, -0.25) is 14.2 Å². The van der Waals surface area contributed by atoms with E-state index < -0.39 is 6.04 Å². The van der Waals surface area contributed by atoms with Crippen LogP contribution in [0.2, 0.25) is 10.0 Å². The summed E-state index contributed by atoms with van der Waals surface area (Å²) in [6.45, 7) is 4.23. The summed E-state index contributed by atoms with van der Waals surface area (Å²) in [5, 5.41) is 3.71. The second-order valence-corrected chi connectivity index (χ2v) is 10.3. The molecule has 6 nitrogen and oxygen atoms in total. The Kier molecular flexibility index (Phi) is 7.51. The first kappa shape index (κ1) is 26.0. The zero-order valence-electron chi connectivity index (χ0n) is 20.6. The van der Waals surface area contributed by atoms with Crippen LogP contribution >= 0.6 is 34.5 Å². The van der Waals surface area contributed by atoms with E-state index >= 15 is 0 Å². The molecular formula is C29H23Cl2N3O3S. The highest BCUT2D eigenvalue weighted by Crippen LogP contribution is 2.32. The molecule has 0 saturated carbocycles. The molecule has 1 amide bonds. The Morgan fingerprint density at radius 3 is 2.53 bits per heavy atom. The molecule has 0 saturated heterocycles. The lowest BCUT2D eigenvalue weighted by Gasteiger charge is -2.25. The molecule has 0 spiro atoms. The smallest absolute Gasteiger partial charge is 0.271 e. The van der Waals surface area contributed by atoms with Gasteiger partial charge in [-0.1, -0.05) is 77.0 Å². The molecule has 3 aromatic carbocycles. The zero-order valence-corrected chi connectivity index (χ0v) is 22.9. The fraction of sp³-hybridized carbons (Fsp3) is 0.138. The second-order valence-electron chi connectivity index (χ2n) is 8.55. The normalized spacial score (nSPS) is 15.2. The van der Waals surface area contributed by atoms with Crippen molar-refractivity contribution >= 4 is 52.2 Å². The summed E-state index contributed by atoms with van der Waals surface area (Å²) < 4.78 is 7.60. The maximum Gasteiger partial charge on any atom is 0.271 e. The molecule has 38 heavy (non-hydrogen) atoms. The molecular weight excluding hydrogens is 541 g/mol. The summed E-state index contributed by atoms with van der Waals surface area (Å²) >= 11 is 13.8. The highest BCUT2D eigenvalue weighted by Gasteiger charge is 2.32. The number of anilines is 1. The van der Waals surface area contributed by atoms with Gasteiger partial charge >= 0.3 is 0 Å². The van der Waals surface area contributed by atoms with Gasteiger partial charge in [0.15, 0.2) is 4.80 Å². The molecule has 4 aromatic rings. The van der Waals surface area contributed by atoms with Crippen LogP contribution in [0.15, 0.2) is 93.9 Å². The van der Waals surface area contributed by atoms with Crippen molar-refractivity contribution in [2.24, 2.45) is 4.99 Å². The molecule has 0 aliphatic carbocycles. The first-order valence-corrected chi connectivity index (χ1v) is 13.5. The van der Waals surface area contributed by atoms with Gasteiger partial charge in [0.1, 0.15) is 5.75 Å². The second kappa shape index (κ2) is 11.0. The molecule has 0 radical (unpaired) electrons. The molecule has 1 aliphatic rings. The molecule has 5 rings (SSSR count). The van der Waals surface area contributed by atoms with Crippen LogP contribution in [-0.4, -0.2) is 17.1 Å². The van der Waals surface area contributed by atoms with Crippen LogP contribution in [0.25, 0.3) is 6.08 Å². The quantitative estimate of drug-likeness (QED) is 0.333. The van der Waals surface area contributed by atoms with E-state index in [1.807, 2.05) is 61.5 Å². The van der Waals surface area contributed by atoms with Gasteiger partial charge in [-0.25, -0.2) is 4.99 Å². The number of halogens is 2. The molecule has 0 fully saturated rings. The summed E-state index contributed by atoms with van der Waals surface area (Å²) in [6.07, 6.45) is 1.70. The number of thiazole rings is 1. The number of nitrogens with zero attached hydrogens (tertiary/aromatic N) is 2. The standard InChI is InChI=1S/C29H23Cl2N3O3S/c1-3-37-21-14-12-18(13-15-21)26-24(27(35)33-20-9-5-4-6-10-20)17(2)32-29-34(26)28(36)23(38-29)16-19-8-7-11-22(30)25(19)31/h4-16,26H,3H2,1-2H3,(H,33,35)/b23-16-/t26-/m1/s1. The number of carbonyl (C=O) groups is 1. The topological polar surface area (TPSA) is 72.7 Å². The van der Waals surface area contributed by atoms with Crippen molar-refractivity contribution in [3.05, 3.63) is 125 Å². The number of para-hydroxylation sites is 1. The number of nitrogens with one attached hydrogen (secondary N) is 1. The zero-order chi connectivity index (χ0) is 26.8. The Balaban J connectivity index is 1.68. The van der Waals surface area contributed by atoms with Crippen molar-refractivity contribution in [2.75, 3.05) is 11.9 Å². The Hall–Kier alpha value is -3.65. The third-order valence-electron chi connectivity index (χ3n) is 6.07. The van der Waals surface area contributed by atoms with Crippen LogP contribution in [0.3, 0.4) is 0 Å². The van der Waals surface area contributed by atoms with Gasteiger partial charge in [-0.2, -0.15) is 0 Å². The fourth-order valence-corrected chi connectivity index (χ4v) is 5.73. The van der Waals surface area contributed by atoms with Gasteiger partial charge in [-0.05, 0) is 61.4 Å². The van der Waals surface area contributed by atoms with Crippen molar-refractivity contribution in [3.63, 3.8) is 0 Å². The minimum absolute atomic E-state index is 0.277. The highest BCUT2D eigenvalue weighted by molar-refractivity contribution is 7.07. The van der Waals surface area contributed by atoms with Crippen LogP contribution in [0.4, 0.5) is 5.69 Å². The maximum absolute atomic E-state index is 13.8. The lowest BCUT2D eigenvalue weighted by atomic mass is 9.95. The van der Waals surface area contributed by atoms with Crippen molar-refractivity contribution in [3.8, 4) is 5.75 Å². The number of aromatic nitrogens is 1. The summed E-state index contributed by atoms with van der Waals surface area (Å²) in [7, 11) is 0. The van der Waals surface area contributed by atoms with Crippen molar-refractivity contribution in [2.45, 2.75) is 19.9 Å². The Labute approximate surface area is 233 Å². The molecule has 9 heteroatoms. The molecule has 1 atom stereocenters. The summed E-state index contributed by atoms with van der Waals surface area (Å²) in [4.78, 5) is 32.6. The van der Waals surface area contributed by atoms with Gasteiger partial charge in [0.05, 0.1) is 38.5 Å². The molecule has 1 N–H and O–H groups in total. The lowest BCUT2D eigenvalue weighted by molar-refractivity contribution is -0.113. The Bertz CT molecular complexity index is 1730. The molecule has 1 aliphatic heterocycles. The van der Waals surface area contributed by atoms with Gasteiger partial charge in [0.2, 0.25) is 0 Å². The van der Waals surface area contributed by atoms with E-state index in [-0.39, 0.29) is 11.5 Å². The third kappa shape index (κ3) is 5.05. The number of rotatable bonds is 6. The number of hydrogen-bond acceptors (Lipinski definition) is 5. The van der Waals surface area contributed by atoms with Crippen molar-refractivity contribution < 1.29 is 9.53 Å². The van der Waals surface area contributed by atoms with Gasteiger partial charge < -0.3 is 10.1 Å². The number of hydrogen-bond donors (Lipinski definition) is 1. The van der Waals surface area contributed by atoms with Crippen LogP contribution in [0, 0.1) is 0 Å². The van der Waals surface area contributed by atoms with Crippen LogP contribution in [0.1, 0.15) is 31.0 Å². The van der Waals surface area contributed by atoms with Crippen LogP contribution < -0.4 is 24.9 Å². The minimum atomic E-state index is -0.692. The molecule has 1 aromatic heterocycles. The third-order valence-corrected chi connectivity index (χ3v) is 7.89. The van der Waals surface area contributed by atoms with E-state index in [4.69, 9.17) is 27.9 Å². The van der Waals surface area contributed by atoms with E-state index in [9.17, 15) is 9.59 Å². The van der Waals surface area contributed by atoms with Crippen LogP contribution in [0.5, 0.6) is 5.75 Å². The van der Waals surface area contributed by atoms with E-state index in [1.165, 1.54) is 11.3 Å². The number of amides is 1. The first-order valence-electron chi connectivity index (χ1n) is 11.9. The van der Waals surface area contributed by atoms with E-state index in [0.717, 1.165) is 5.56 Å². The molecule has 192 valence electrons. The highest BCUT2D eigenvalue weighted by atomic mass is 35.5. The summed E-state index contributed by atoms with van der Waals surface area (Å²) in [6, 6.07) is 21.2. The van der Waals surface area contributed by atoms with E-state index in [2.05, 4.69) is 10.3 Å². The number of allylic oxidation sites excluding steroid dienone is 1. The first-order chi connectivity index (χ1) is 18.4. The summed E-state index contributed by atoms with van der Waals surface area (Å²) in [5.74, 6) is 0.374. The van der Waals surface area contributed by atoms with Gasteiger partial charge in [-0.15, -0.1) is 0 Å². The Morgan fingerprint density at radius 1 is 1.08 bits per heavy atom. The van der Waals surface area contributed by atoms with E-state index in [1.54, 1.807) is 35.8 Å². The molecule has 2 heterocycles. The number of carbonyl (C=O) groups excluding carboxylic acids is 1. The average molecular weight is 564 g/mol. The largest absolute Gasteiger partial charge is 0.494 e. The summed E-state index contributed by atoms with van der Waals surface area (Å²) in [5.41, 5.74) is 2.68.